The Morgan fingerprint density at radius 2 is 1.87 bits per heavy atom. The van der Waals surface area contributed by atoms with Gasteiger partial charge in [-0.1, -0.05) is 37.3 Å². The minimum absolute atomic E-state index is 0.0441. The number of carbonyl (C=O) groups excluding carboxylic acids is 2. The van der Waals surface area contributed by atoms with Crippen molar-refractivity contribution >= 4 is 11.7 Å². The molecule has 1 heterocycles. The summed E-state index contributed by atoms with van der Waals surface area (Å²) in [5, 5.41) is 2.91. The number of pyridine rings is 1. The second-order valence-electron chi connectivity index (χ2n) is 5.47. The van der Waals surface area contributed by atoms with Crippen LogP contribution in [-0.4, -0.2) is 16.7 Å². The van der Waals surface area contributed by atoms with E-state index in [9.17, 15) is 9.59 Å². The van der Waals surface area contributed by atoms with Crippen LogP contribution in [0.4, 0.5) is 0 Å². The number of ketones is 1. The van der Waals surface area contributed by atoms with Gasteiger partial charge in [0.05, 0.1) is 0 Å². The van der Waals surface area contributed by atoms with Crippen molar-refractivity contribution < 1.29 is 9.59 Å². The van der Waals surface area contributed by atoms with Crippen molar-refractivity contribution in [3.63, 3.8) is 0 Å². The van der Waals surface area contributed by atoms with Crippen molar-refractivity contribution in [1.82, 2.24) is 10.3 Å². The minimum atomic E-state index is 0.0441. The summed E-state index contributed by atoms with van der Waals surface area (Å²) in [6.07, 6.45) is 6.25. The zero-order valence-corrected chi connectivity index (χ0v) is 13.4. The number of nitrogens with one attached hydrogen (secondary N) is 1. The smallest absolute Gasteiger partial charge is 0.220 e. The van der Waals surface area contributed by atoms with E-state index < -0.39 is 0 Å². The zero-order chi connectivity index (χ0) is 16.5. The maximum Gasteiger partial charge on any atom is 0.220 e. The van der Waals surface area contributed by atoms with Gasteiger partial charge in [0.2, 0.25) is 5.91 Å². The Hall–Kier alpha value is -2.49. The molecule has 0 fully saturated rings. The molecule has 0 bridgehead atoms. The molecule has 23 heavy (non-hydrogen) atoms. The fourth-order valence-electron chi connectivity index (χ4n) is 2.30. The minimum Gasteiger partial charge on any atom is -0.352 e. The first-order chi connectivity index (χ1) is 11.2. The summed E-state index contributed by atoms with van der Waals surface area (Å²) in [7, 11) is 0. The van der Waals surface area contributed by atoms with Crippen molar-refractivity contribution in [3.8, 4) is 0 Å². The SMILES string of the molecule is CCC(=O)c1ccc(CNC(=O)CCCc2cccnc2)cc1. The second-order valence-corrected chi connectivity index (χ2v) is 5.47. The summed E-state index contributed by atoms with van der Waals surface area (Å²) in [6, 6.07) is 11.3. The predicted octanol–water partition coefficient (Wildman–Crippen LogP) is 3.31. The van der Waals surface area contributed by atoms with E-state index in [4.69, 9.17) is 0 Å². The molecule has 0 saturated carbocycles. The van der Waals surface area contributed by atoms with E-state index in [0.717, 1.165) is 29.5 Å². The average Bonchev–Trinajstić information content (AvgIpc) is 2.60. The molecule has 0 unspecified atom stereocenters. The molecule has 1 amide bonds. The molecule has 0 aliphatic heterocycles. The third-order valence-corrected chi connectivity index (χ3v) is 3.68. The molecule has 4 nitrogen and oxygen atoms in total. The first kappa shape index (κ1) is 16.9. The predicted molar refractivity (Wildman–Crippen MR) is 90.1 cm³/mol. The van der Waals surface area contributed by atoms with Gasteiger partial charge < -0.3 is 5.32 Å². The van der Waals surface area contributed by atoms with E-state index in [1.54, 1.807) is 6.20 Å². The van der Waals surface area contributed by atoms with E-state index in [1.807, 2.05) is 49.5 Å². The summed E-state index contributed by atoms with van der Waals surface area (Å²) in [5.41, 5.74) is 2.87. The first-order valence-electron chi connectivity index (χ1n) is 7.96. The molecule has 4 heteroatoms. The number of carbonyl (C=O) groups is 2. The molecule has 0 saturated heterocycles. The van der Waals surface area contributed by atoms with E-state index in [2.05, 4.69) is 10.3 Å². The molecule has 0 radical (unpaired) electrons. The van der Waals surface area contributed by atoms with Crippen LogP contribution in [0.25, 0.3) is 0 Å². The van der Waals surface area contributed by atoms with Crippen LogP contribution < -0.4 is 5.32 Å². The number of hydrogen-bond donors (Lipinski definition) is 1. The molecule has 1 aromatic carbocycles. The van der Waals surface area contributed by atoms with Gasteiger partial charge in [-0.2, -0.15) is 0 Å². The summed E-state index contributed by atoms with van der Waals surface area (Å²) in [5.74, 6) is 0.179. The Kier molecular flexibility index (Phi) is 6.48. The lowest BCUT2D eigenvalue weighted by Gasteiger charge is -2.06. The number of rotatable bonds is 8. The van der Waals surface area contributed by atoms with Gasteiger partial charge in [-0.15, -0.1) is 0 Å². The highest BCUT2D eigenvalue weighted by molar-refractivity contribution is 5.95. The van der Waals surface area contributed by atoms with Crippen molar-refractivity contribution in [2.45, 2.75) is 39.2 Å². The maximum atomic E-state index is 11.8. The molecular formula is C19H22N2O2. The lowest BCUT2D eigenvalue weighted by Crippen LogP contribution is -2.22. The van der Waals surface area contributed by atoms with Crippen LogP contribution >= 0.6 is 0 Å². The van der Waals surface area contributed by atoms with Gasteiger partial charge in [0, 0.05) is 37.3 Å². The number of aromatic nitrogens is 1. The molecule has 0 atom stereocenters. The van der Waals surface area contributed by atoms with Gasteiger partial charge in [-0.25, -0.2) is 0 Å². The van der Waals surface area contributed by atoms with Gasteiger partial charge >= 0.3 is 0 Å². The molecule has 0 aliphatic carbocycles. The van der Waals surface area contributed by atoms with Crippen LogP contribution in [0.5, 0.6) is 0 Å². The van der Waals surface area contributed by atoms with Crippen LogP contribution in [0.1, 0.15) is 47.7 Å². The standard InChI is InChI=1S/C19H22N2O2/c1-2-18(22)17-10-8-16(9-11-17)14-21-19(23)7-3-5-15-6-4-12-20-13-15/h4,6,8-13H,2-3,5,7,14H2,1H3,(H,21,23). The van der Waals surface area contributed by atoms with Crippen LogP contribution in [0.3, 0.4) is 0 Å². The van der Waals surface area contributed by atoms with Gasteiger partial charge in [-0.05, 0) is 30.0 Å². The number of nitrogens with zero attached hydrogens (tertiary/aromatic N) is 1. The summed E-state index contributed by atoms with van der Waals surface area (Å²) >= 11 is 0. The lowest BCUT2D eigenvalue weighted by molar-refractivity contribution is -0.121. The first-order valence-corrected chi connectivity index (χ1v) is 7.96. The Labute approximate surface area is 137 Å². The number of amides is 1. The quantitative estimate of drug-likeness (QED) is 0.761. The van der Waals surface area contributed by atoms with Crippen molar-refractivity contribution in [3.05, 3.63) is 65.5 Å². The van der Waals surface area contributed by atoms with E-state index in [0.29, 0.717) is 19.4 Å². The van der Waals surface area contributed by atoms with Crippen LogP contribution in [-0.2, 0) is 17.8 Å². The van der Waals surface area contributed by atoms with E-state index in [1.165, 1.54) is 0 Å². The average molecular weight is 310 g/mol. The maximum absolute atomic E-state index is 11.8. The summed E-state index contributed by atoms with van der Waals surface area (Å²) < 4.78 is 0. The number of benzene rings is 1. The van der Waals surface area contributed by atoms with Crippen molar-refractivity contribution in [2.24, 2.45) is 0 Å². The highest BCUT2D eigenvalue weighted by Gasteiger charge is 2.04. The highest BCUT2D eigenvalue weighted by atomic mass is 16.1. The molecule has 0 spiro atoms. The number of aryl methyl sites for hydroxylation is 1. The highest BCUT2D eigenvalue weighted by Crippen LogP contribution is 2.07. The molecule has 2 aromatic rings. The second kappa shape index (κ2) is 8.83. The van der Waals surface area contributed by atoms with Gasteiger partial charge in [-0.3, -0.25) is 14.6 Å². The van der Waals surface area contributed by atoms with Gasteiger partial charge in [0.25, 0.3) is 0 Å². The molecule has 120 valence electrons. The van der Waals surface area contributed by atoms with Crippen LogP contribution in [0, 0.1) is 0 Å². The summed E-state index contributed by atoms with van der Waals surface area (Å²) in [4.78, 5) is 27.5. The Morgan fingerprint density at radius 1 is 1.09 bits per heavy atom. The summed E-state index contributed by atoms with van der Waals surface area (Å²) in [6.45, 7) is 2.34. The zero-order valence-electron chi connectivity index (χ0n) is 13.4. The van der Waals surface area contributed by atoms with E-state index in [-0.39, 0.29) is 11.7 Å². The Morgan fingerprint density at radius 3 is 2.52 bits per heavy atom. The van der Waals surface area contributed by atoms with Crippen LogP contribution in [0.15, 0.2) is 48.8 Å². The molecular weight excluding hydrogens is 288 g/mol. The Balaban J connectivity index is 1.70. The van der Waals surface area contributed by atoms with Crippen LogP contribution in [0.2, 0.25) is 0 Å². The Bertz CT molecular complexity index is 636. The third kappa shape index (κ3) is 5.66. The lowest BCUT2D eigenvalue weighted by atomic mass is 10.1. The molecule has 1 aromatic heterocycles. The largest absolute Gasteiger partial charge is 0.352 e. The fraction of sp³-hybridized carbons (Fsp3) is 0.316. The van der Waals surface area contributed by atoms with E-state index >= 15 is 0 Å². The fourth-order valence-corrected chi connectivity index (χ4v) is 2.30. The molecule has 2 rings (SSSR count). The monoisotopic (exact) mass is 310 g/mol. The van der Waals surface area contributed by atoms with Crippen molar-refractivity contribution in [1.29, 1.82) is 0 Å². The molecule has 0 aliphatic rings. The van der Waals surface area contributed by atoms with Gasteiger partial charge in [0.15, 0.2) is 5.78 Å². The van der Waals surface area contributed by atoms with Gasteiger partial charge in [0.1, 0.15) is 0 Å². The normalized spacial score (nSPS) is 10.3. The number of Topliss-reactive ketones (excluding diaryl/α,β-unsaturated/α-hetero) is 1. The number of hydrogen-bond acceptors (Lipinski definition) is 3. The third-order valence-electron chi connectivity index (χ3n) is 3.68. The topological polar surface area (TPSA) is 59.1 Å². The molecule has 1 N–H and O–H groups in total. The van der Waals surface area contributed by atoms with Crippen molar-refractivity contribution in [2.75, 3.05) is 0 Å².